The Bertz CT molecular complexity index is 734. The summed E-state index contributed by atoms with van der Waals surface area (Å²) >= 11 is 0. The highest BCUT2D eigenvalue weighted by Gasteiger charge is 2.16. The molecule has 0 radical (unpaired) electrons. The molecule has 0 saturated carbocycles. The maximum atomic E-state index is 12.5. The number of anilines is 2. The number of unbranched alkanes of at least 4 members (excludes halogenated alkanes) is 1. The summed E-state index contributed by atoms with van der Waals surface area (Å²) < 4.78 is 5.69. The standard InChI is InChI=1S/C23H30N2O2/c1-3-4-16-27-22-7-5-6-19(17-22)23(26)24-20-8-10-21(11-9-20)25-14-12-18(2)13-15-25/h5-11,17-18H,3-4,12-16H2,1-2H3,(H,24,26). The van der Waals surface area contributed by atoms with Crippen molar-refractivity contribution in [2.24, 2.45) is 5.92 Å². The van der Waals surface area contributed by atoms with Gasteiger partial charge in [-0.25, -0.2) is 0 Å². The average molecular weight is 367 g/mol. The molecule has 1 fully saturated rings. The predicted molar refractivity (Wildman–Crippen MR) is 112 cm³/mol. The van der Waals surface area contributed by atoms with Crippen LogP contribution in [0.2, 0.25) is 0 Å². The first-order valence-electron chi connectivity index (χ1n) is 10.0. The summed E-state index contributed by atoms with van der Waals surface area (Å²) in [6.45, 7) is 7.35. The highest BCUT2D eigenvalue weighted by Crippen LogP contribution is 2.24. The highest BCUT2D eigenvalue weighted by atomic mass is 16.5. The quantitative estimate of drug-likeness (QED) is 0.671. The third-order valence-corrected chi connectivity index (χ3v) is 5.14. The Kier molecular flexibility index (Phi) is 6.74. The molecule has 0 aliphatic carbocycles. The van der Waals surface area contributed by atoms with Crippen molar-refractivity contribution in [2.45, 2.75) is 39.5 Å². The van der Waals surface area contributed by atoms with E-state index in [1.807, 2.05) is 30.3 Å². The molecule has 4 heteroatoms. The fraction of sp³-hybridized carbons (Fsp3) is 0.435. The van der Waals surface area contributed by atoms with Crippen LogP contribution in [-0.2, 0) is 0 Å². The number of rotatable bonds is 7. The molecule has 0 spiro atoms. The number of carbonyl (C=O) groups excluding carboxylic acids is 1. The van der Waals surface area contributed by atoms with Crippen LogP contribution < -0.4 is 15.0 Å². The Morgan fingerprint density at radius 3 is 2.59 bits per heavy atom. The van der Waals surface area contributed by atoms with Crippen LogP contribution in [0.15, 0.2) is 48.5 Å². The molecule has 1 amide bonds. The molecular weight excluding hydrogens is 336 g/mol. The van der Waals surface area contributed by atoms with Crippen molar-refractivity contribution in [3.63, 3.8) is 0 Å². The molecule has 1 N–H and O–H groups in total. The van der Waals surface area contributed by atoms with Crippen molar-refractivity contribution < 1.29 is 9.53 Å². The van der Waals surface area contributed by atoms with Crippen molar-refractivity contribution in [1.82, 2.24) is 0 Å². The number of benzene rings is 2. The molecular formula is C23H30N2O2. The largest absolute Gasteiger partial charge is 0.494 e. The van der Waals surface area contributed by atoms with Gasteiger partial charge in [-0.3, -0.25) is 4.79 Å². The first kappa shape index (κ1) is 19.3. The molecule has 2 aromatic carbocycles. The summed E-state index contributed by atoms with van der Waals surface area (Å²) in [5.41, 5.74) is 2.65. The molecule has 0 unspecified atom stereocenters. The van der Waals surface area contributed by atoms with Gasteiger partial charge in [-0.15, -0.1) is 0 Å². The third-order valence-electron chi connectivity index (χ3n) is 5.14. The lowest BCUT2D eigenvalue weighted by Gasteiger charge is -2.32. The van der Waals surface area contributed by atoms with Gasteiger partial charge in [-0.2, -0.15) is 0 Å². The van der Waals surface area contributed by atoms with Crippen LogP contribution in [0.25, 0.3) is 0 Å². The van der Waals surface area contributed by atoms with E-state index < -0.39 is 0 Å². The van der Waals surface area contributed by atoms with Crippen molar-refractivity contribution in [3.05, 3.63) is 54.1 Å². The molecule has 0 aromatic heterocycles. The zero-order valence-electron chi connectivity index (χ0n) is 16.4. The summed E-state index contributed by atoms with van der Waals surface area (Å²) in [6, 6.07) is 15.5. The van der Waals surface area contributed by atoms with Gasteiger partial charge in [0.1, 0.15) is 5.75 Å². The van der Waals surface area contributed by atoms with Crippen LogP contribution in [0, 0.1) is 5.92 Å². The number of nitrogens with one attached hydrogen (secondary N) is 1. The Balaban J connectivity index is 1.58. The van der Waals surface area contributed by atoms with Gasteiger partial charge < -0.3 is 15.0 Å². The van der Waals surface area contributed by atoms with Crippen LogP contribution in [0.1, 0.15) is 49.9 Å². The monoisotopic (exact) mass is 366 g/mol. The number of piperidine rings is 1. The van der Waals surface area contributed by atoms with E-state index in [0.29, 0.717) is 12.2 Å². The summed E-state index contributed by atoms with van der Waals surface area (Å²) in [7, 11) is 0. The number of hydrogen-bond donors (Lipinski definition) is 1. The fourth-order valence-electron chi connectivity index (χ4n) is 3.29. The number of nitrogens with zero attached hydrogens (tertiary/aromatic N) is 1. The minimum Gasteiger partial charge on any atom is -0.494 e. The number of carbonyl (C=O) groups is 1. The maximum Gasteiger partial charge on any atom is 0.255 e. The molecule has 1 aliphatic heterocycles. The van der Waals surface area contributed by atoms with E-state index in [1.54, 1.807) is 6.07 Å². The average Bonchev–Trinajstić information content (AvgIpc) is 2.70. The maximum absolute atomic E-state index is 12.5. The van der Waals surface area contributed by atoms with Gasteiger partial charge in [0.15, 0.2) is 0 Å². The van der Waals surface area contributed by atoms with Crippen molar-refractivity contribution in [3.8, 4) is 5.75 Å². The van der Waals surface area contributed by atoms with Gasteiger partial charge in [0.25, 0.3) is 5.91 Å². The van der Waals surface area contributed by atoms with E-state index in [1.165, 1.54) is 18.5 Å². The number of ether oxygens (including phenoxy) is 1. The minimum atomic E-state index is -0.115. The van der Waals surface area contributed by atoms with E-state index in [4.69, 9.17) is 4.74 Å². The van der Waals surface area contributed by atoms with Crippen LogP contribution in [-0.4, -0.2) is 25.6 Å². The molecule has 4 nitrogen and oxygen atoms in total. The van der Waals surface area contributed by atoms with Crippen molar-refractivity contribution >= 4 is 17.3 Å². The summed E-state index contributed by atoms with van der Waals surface area (Å²) in [4.78, 5) is 15.0. The van der Waals surface area contributed by atoms with Gasteiger partial charge in [0, 0.05) is 30.0 Å². The topological polar surface area (TPSA) is 41.6 Å². The van der Waals surface area contributed by atoms with Gasteiger partial charge in [-0.05, 0) is 67.6 Å². The lowest BCUT2D eigenvalue weighted by Crippen LogP contribution is -2.32. The SMILES string of the molecule is CCCCOc1cccc(C(=O)Nc2ccc(N3CCC(C)CC3)cc2)c1. The summed E-state index contributed by atoms with van der Waals surface area (Å²) in [6.07, 6.45) is 4.59. The van der Waals surface area contributed by atoms with E-state index in [2.05, 4.69) is 36.2 Å². The zero-order chi connectivity index (χ0) is 19.1. The summed E-state index contributed by atoms with van der Waals surface area (Å²) in [5.74, 6) is 1.45. The lowest BCUT2D eigenvalue weighted by molar-refractivity contribution is 0.102. The minimum absolute atomic E-state index is 0.115. The van der Waals surface area contributed by atoms with E-state index in [-0.39, 0.29) is 5.91 Å². The second kappa shape index (κ2) is 9.45. The predicted octanol–water partition coefficient (Wildman–Crippen LogP) is 5.35. The van der Waals surface area contributed by atoms with E-state index >= 15 is 0 Å². The zero-order valence-corrected chi connectivity index (χ0v) is 16.4. The number of amides is 1. The van der Waals surface area contributed by atoms with E-state index in [9.17, 15) is 4.79 Å². The molecule has 2 aromatic rings. The van der Waals surface area contributed by atoms with Gasteiger partial charge in [0.2, 0.25) is 0 Å². The van der Waals surface area contributed by atoms with Crippen LogP contribution in [0.4, 0.5) is 11.4 Å². The molecule has 0 bridgehead atoms. The Morgan fingerprint density at radius 2 is 1.89 bits per heavy atom. The number of hydrogen-bond acceptors (Lipinski definition) is 3. The molecule has 1 saturated heterocycles. The van der Waals surface area contributed by atoms with Gasteiger partial charge in [0.05, 0.1) is 6.61 Å². The first-order chi connectivity index (χ1) is 13.2. The second-order valence-corrected chi connectivity index (χ2v) is 7.40. The van der Waals surface area contributed by atoms with Crippen LogP contribution in [0.3, 0.4) is 0 Å². The Hall–Kier alpha value is -2.49. The molecule has 3 rings (SSSR count). The Labute approximate surface area is 162 Å². The first-order valence-corrected chi connectivity index (χ1v) is 10.0. The third kappa shape index (κ3) is 5.49. The van der Waals surface area contributed by atoms with Gasteiger partial charge in [-0.1, -0.05) is 26.3 Å². The Morgan fingerprint density at radius 1 is 1.15 bits per heavy atom. The van der Waals surface area contributed by atoms with Crippen LogP contribution >= 0.6 is 0 Å². The molecule has 1 heterocycles. The second-order valence-electron chi connectivity index (χ2n) is 7.40. The van der Waals surface area contributed by atoms with Crippen molar-refractivity contribution in [2.75, 3.05) is 29.9 Å². The van der Waals surface area contributed by atoms with Crippen LogP contribution in [0.5, 0.6) is 5.75 Å². The van der Waals surface area contributed by atoms with E-state index in [0.717, 1.165) is 43.3 Å². The smallest absolute Gasteiger partial charge is 0.255 e. The molecule has 27 heavy (non-hydrogen) atoms. The summed E-state index contributed by atoms with van der Waals surface area (Å²) in [5, 5.41) is 2.98. The normalized spacial score (nSPS) is 14.8. The molecule has 1 aliphatic rings. The van der Waals surface area contributed by atoms with Crippen molar-refractivity contribution in [1.29, 1.82) is 0 Å². The fourth-order valence-corrected chi connectivity index (χ4v) is 3.29. The van der Waals surface area contributed by atoms with Gasteiger partial charge >= 0.3 is 0 Å². The highest BCUT2D eigenvalue weighted by molar-refractivity contribution is 6.04. The molecule has 144 valence electrons. The lowest BCUT2D eigenvalue weighted by atomic mass is 9.99. The molecule has 0 atom stereocenters.